The number of aromatic nitrogens is 1. The van der Waals surface area contributed by atoms with Gasteiger partial charge in [-0.05, 0) is 6.07 Å². The minimum Gasteiger partial charge on any atom is -0.368 e. The third-order valence-electron chi connectivity index (χ3n) is 1.45. The zero-order valence-electron chi connectivity index (χ0n) is 7.15. The van der Waals surface area contributed by atoms with Crippen LogP contribution >= 0.6 is 34.8 Å². The van der Waals surface area contributed by atoms with Gasteiger partial charge in [0, 0.05) is 13.0 Å². The number of hydrogen-bond acceptors (Lipinski definition) is 2. The van der Waals surface area contributed by atoms with Crippen LogP contribution in [0.25, 0.3) is 0 Å². The lowest BCUT2D eigenvalue weighted by Gasteiger charge is -2.06. The molecule has 0 unspecified atom stereocenters. The summed E-state index contributed by atoms with van der Waals surface area (Å²) < 4.78 is 0. The summed E-state index contributed by atoms with van der Waals surface area (Å²) in [6, 6.07) is 1.54. The zero-order chi connectivity index (χ0) is 10.6. The molecule has 0 spiro atoms. The fourth-order valence-electron chi connectivity index (χ4n) is 0.821. The smallest absolute Gasteiger partial charge is 0.150 e. The fraction of sp³-hybridized carbons (Fsp3) is 0.222. The average Bonchev–Trinajstić information content (AvgIpc) is 2.14. The minimum atomic E-state index is 0.222. The number of pyridine rings is 1. The molecule has 74 valence electrons. The Labute approximate surface area is 97.6 Å². The van der Waals surface area contributed by atoms with Crippen LogP contribution in [0.3, 0.4) is 0 Å². The summed E-state index contributed by atoms with van der Waals surface area (Å²) >= 11 is 17.3. The van der Waals surface area contributed by atoms with Gasteiger partial charge in [0.1, 0.15) is 11.0 Å². The maximum atomic E-state index is 5.86. The van der Waals surface area contributed by atoms with E-state index in [2.05, 4.69) is 16.2 Å². The van der Waals surface area contributed by atoms with Crippen molar-refractivity contribution in [1.29, 1.82) is 0 Å². The molecule has 0 saturated heterocycles. The van der Waals surface area contributed by atoms with Crippen LogP contribution in [0.15, 0.2) is 6.07 Å². The van der Waals surface area contributed by atoms with Gasteiger partial charge in [0.15, 0.2) is 0 Å². The first-order chi connectivity index (χ1) is 6.65. The van der Waals surface area contributed by atoms with Crippen LogP contribution in [0, 0.1) is 12.3 Å². The molecule has 0 amide bonds. The summed E-state index contributed by atoms with van der Waals surface area (Å²) in [4.78, 5) is 3.97. The van der Waals surface area contributed by atoms with Crippen molar-refractivity contribution < 1.29 is 0 Å². The van der Waals surface area contributed by atoms with Crippen molar-refractivity contribution in [1.82, 2.24) is 4.98 Å². The molecule has 1 aromatic rings. The van der Waals surface area contributed by atoms with Crippen LogP contribution in [0.1, 0.15) is 6.42 Å². The van der Waals surface area contributed by atoms with E-state index >= 15 is 0 Å². The first-order valence-corrected chi connectivity index (χ1v) is 4.97. The summed E-state index contributed by atoms with van der Waals surface area (Å²) in [7, 11) is 0. The Balaban J connectivity index is 2.78. The summed E-state index contributed by atoms with van der Waals surface area (Å²) in [5.41, 5.74) is 0. The summed E-state index contributed by atoms with van der Waals surface area (Å²) in [6.07, 6.45) is 5.69. The Bertz CT molecular complexity index is 371. The van der Waals surface area contributed by atoms with Gasteiger partial charge in [-0.15, -0.1) is 12.3 Å². The monoisotopic (exact) mass is 248 g/mol. The van der Waals surface area contributed by atoms with Gasteiger partial charge in [-0.1, -0.05) is 34.8 Å². The quantitative estimate of drug-likeness (QED) is 0.504. The van der Waals surface area contributed by atoms with Gasteiger partial charge >= 0.3 is 0 Å². The van der Waals surface area contributed by atoms with Gasteiger partial charge < -0.3 is 5.32 Å². The van der Waals surface area contributed by atoms with Gasteiger partial charge in [0.05, 0.1) is 10.0 Å². The number of rotatable bonds is 3. The van der Waals surface area contributed by atoms with Crippen molar-refractivity contribution in [3.8, 4) is 12.3 Å². The zero-order valence-corrected chi connectivity index (χ0v) is 9.42. The molecule has 1 rings (SSSR count). The Hall–Kier alpha value is -0.620. The van der Waals surface area contributed by atoms with Gasteiger partial charge in [-0.25, -0.2) is 4.98 Å². The molecule has 5 heteroatoms. The summed E-state index contributed by atoms with van der Waals surface area (Å²) in [5, 5.41) is 3.93. The highest BCUT2D eigenvalue weighted by atomic mass is 35.5. The van der Waals surface area contributed by atoms with Gasteiger partial charge in [-0.2, -0.15) is 0 Å². The third-order valence-corrected chi connectivity index (χ3v) is 2.41. The average molecular weight is 250 g/mol. The van der Waals surface area contributed by atoms with Crippen molar-refractivity contribution in [2.75, 3.05) is 11.9 Å². The number of nitrogens with zero attached hydrogens (tertiary/aromatic N) is 1. The van der Waals surface area contributed by atoms with Crippen LogP contribution in [0.2, 0.25) is 15.2 Å². The van der Waals surface area contributed by atoms with E-state index in [9.17, 15) is 0 Å². The Morgan fingerprint density at radius 1 is 1.36 bits per heavy atom. The fourth-order valence-corrected chi connectivity index (χ4v) is 1.39. The standard InChI is InChI=1S/C9H7Cl3N2/c1-2-3-4-13-9-7(11)5-6(10)8(12)14-9/h1,5H,3-4H2,(H,13,14). The van der Waals surface area contributed by atoms with Crippen molar-refractivity contribution in [3.05, 3.63) is 21.3 Å². The lowest BCUT2D eigenvalue weighted by molar-refractivity contribution is 1.07. The van der Waals surface area contributed by atoms with Crippen LogP contribution in [-0.2, 0) is 0 Å². The molecule has 0 fully saturated rings. The highest BCUT2D eigenvalue weighted by Gasteiger charge is 2.06. The molecule has 0 radical (unpaired) electrons. The molecular formula is C9H7Cl3N2. The van der Waals surface area contributed by atoms with Crippen LogP contribution < -0.4 is 5.32 Å². The molecule has 0 atom stereocenters. The van der Waals surface area contributed by atoms with E-state index in [0.717, 1.165) is 0 Å². The Morgan fingerprint density at radius 3 is 2.71 bits per heavy atom. The highest BCUT2D eigenvalue weighted by molar-refractivity contribution is 6.42. The number of terminal acetylenes is 1. The van der Waals surface area contributed by atoms with Crippen LogP contribution in [0.5, 0.6) is 0 Å². The number of anilines is 1. The SMILES string of the molecule is C#CCCNc1nc(Cl)c(Cl)cc1Cl. The Morgan fingerprint density at radius 2 is 2.07 bits per heavy atom. The molecule has 0 bridgehead atoms. The topological polar surface area (TPSA) is 24.9 Å². The normalized spacial score (nSPS) is 9.57. The molecule has 0 aliphatic carbocycles. The summed E-state index contributed by atoms with van der Waals surface area (Å²) in [6.45, 7) is 0.598. The lowest BCUT2D eigenvalue weighted by Crippen LogP contribution is -2.03. The number of nitrogens with one attached hydrogen (secondary N) is 1. The van der Waals surface area contributed by atoms with Crippen LogP contribution in [-0.4, -0.2) is 11.5 Å². The van der Waals surface area contributed by atoms with E-state index in [0.29, 0.717) is 28.8 Å². The van der Waals surface area contributed by atoms with E-state index in [1.807, 2.05) is 0 Å². The highest BCUT2D eigenvalue weighted by Crippen LogP contribution is 2.28. The molecule has 0 saturated carbocycles. The van der Waals surface area contributed by atoms with E-state index in [4.69, 9.17) is 41.2 Å². The predicted octanol–water partition coefficient (Wildman–Crippen LogP) is 3.48. The maximum absolute atomic E-state index is 5.86. The van der Waals surface area contributed by atoms with E-state index < -0.39 is 0 Å². The molecule has 0 aliphatic heterocycles. The van der Waals surface area contributed by atoms with Crippen molar-refractivity contribution in [2.45, 2.75) is 6.42 Å². The molecule has 2 nitrogen and oxygen atoms in total. The first-order valence-electron chi connectivity index (χ1n) is 3.84. The predicted molar refractivity (Wildman–Crippen MR) is 61.2 cm³/mol. The molecule has 1 N–H and O–H groups in total. The molecule has 0 aromatic carbocycles. The van der Waals surface area contributed by atoms with Crippen LogP contribution in [0.4, 0.5) is 5.82 Å². The summed E-state index contributed by atoms with van der Waals surface area (Å²) in [5.74, 6) is 2.99. The van der Waals surface area contributed by atoms with Gasteiger partial charge in [0.2, 0.25) is 0 Å². The minimum absolute atomic E-state index is 0.222. The molecule has 0 aliphatic rings. The number of halogens is 3. The largest absolute Gasteiger partial charge is 0.368 e. The van der Waals surface area contributed by atoms with E-state index in [1.165, 1.54) is 6.07 Å². The lowest BCUT2D eigenvalue weighted by atomic mass is 10.4. The maximum Gasteiger partial charge on any atom is 0.150 e. The van der Waals surface area contributed by atoms with E-state index in [1.54, 1.807) is 0 Å². The first kappa shape index (κ1) is 11.5. The second-order valence-corrected chi connectivity index (χ2v) is 3.64. The molecule has 1 aromatic heterocycles. The van der Waals surface area contributed by atoms with Gasteiger partial charge in [-0.3, -0.25) is 0 Å². The van der Waals surface area contributed by atoms with Crippen molar-refractivity contribution in [3.63, 3.8) is 0 Å². The van der Waals surface area contributed by atoms with E-state index in [-0.39, 0.29) is 5.15 Å². The molecule has 1 heterocycles. The second-order valence-electron chi connectivity index (χ2n) is 2.47. The van der Waals surface area contributed by atoms with Gasteiger partial charge in [0.25, 0.3) is 0 Å². The van der Waals surface area contributed by atoms with Crippen molar-refractivity contribution >= 4 is 40.6 Å². The number of hydrogen-bond donors (Lipinski definition) is 1. The molecule has 14 heavy (non-hydrogen) atoms. The van der Waals surface area contributed by atoms with Crippen molar-refractivity contribution in [2.24, 2.45) is 0 Å². The molecular weight excluding hydrogens is 242 g/mol. The third kappa shape index (κ3) is 2.95. The Kier molecular flexibility index (Phi) is 4.34. The second kappa shape index (κ2) is 5.31.